The van der Waals surface area contributed by atoms with Gasteiger partial charge in [0.25, 0.3) is 0 Å². The van der Waals surface area contributed by atoms with Gasteiger partial charge in [0.1, 0.15) is 0 Å². The second-order valence-corrected chi connectivity index (χ2v) is 6.06. The van der Waals surface area contributed by atoms with E-state index in [1.165, 1.54) is 37.9 Å². The molecule has 1 aromatic carbocycles. The van der Waals surface area contributed by atoms with Gasteiger partial charge >= 0.3 is 0 Å². The van der Waals surface area contributed by atoms with Crippen LogP contribution in [0.15, 0.2) is 30.3 Å². The van der Waals surface area contributed by atoms with E-state index in [0.717, 1.165) is 24.4 Å². The number of fused-ring (bicyclic) bond motifs is 3. The predicted molar refractivity (Wildman–Crippen MR) is 75.4 cm³/mol. The first-order valence-corrected chi connectivity index (χ1v) is 7.28. The molecule has 3 fully saturated rings. The van der Waals surface area contributed by atoms with Crippen LogP contribution in [0.4, 0.5) is 0 Å². The lowest BCUT2D eigenvalue weighted by Gasteiger charge is -2.48. The Morgan fingerprint density at radius 1 is 1.22 bits per heavy atom. The largest absolute Gasteiger partial charge is 0.312 e. The number of hydrogen-bond acceptors (Lipinski definition) is 2. The average Bonchev–Trinajstić information content (AvgIpc) is 2.40. The van der Waals surface area contributed by atoms with Gasteiger partial charge in [-0.05, 0) is 50.3 Å². The van der Waals surface area contributed by atoms with E-state index in [4.69, 9.17) is 0 Å². The molecule has 98 valence electrons. The number of hydrogen-bond donors (Lipinski definition) is 1. The van der Waals surface area contributed by atoms with Crippen LogP contribution in [0.2, 0.25) is 0 Å². The van der Waals surface area contributed by atoms with Crippen LogP contribution in [0.3, 0.4) is 0 Å². The molecule has 0 spiro atoms. The Bertz CT molecular complexity index is 376. The Morgan fingerprint density at radius 2 is 2.06 bits per heavy atom. The van der Waals surface area contributed by atoms with E-state index in [9.17, 15) is 0 Å². The fourth-order valence-corrected chi connectivity index (χ4v) is 3.85. The Kier molecular flexibility index (Phi) is 3.67. The average molecular weight is 244 g/mol. The molecule has 2 heterocycles. The van der Waals surface area contributed by atoms with Gasteiger partial charge in [0.05, 0.1) is 0 Å². The monoisotopic (exact) mass is 244 g/mol. The molecule has 3 aliphatic rings. The minimum absolute atomic E-state index is 0.832. The normalized spacial score (nSPS) is 31.7. The molecule has 1 aromatic rings. The van der Waals surface area contributed by atoms with Gasteiger partial charge in [-0.15, -0.1) is 0 Å². The molecular formula is C16H24N2. The zero-order chi connectivity index (χ0) is 12.4. The third-order valence-electron chi connectivity index (χ3n) is 4.74. The van der Waals surface area contributed by atoms with Crippen LogP contribution in [0.5, 0.6) is 0 Å². The van der Waals surface area contributed by atoms with Crippen LogP contribution in [-0.2, 0) is 6.54 Å². The highest BCUT2D eigenvalue weighted by atomic mass is 15.2. The summed E-state index contributed by atoms with van der Waals surface area (Å²) in [4.78, 5) is 2.59. The summed E-state index contributed by atoms with van der Waals surface area (Å²) in [6, 6.07) is 11.6. The molecule has 0 radical (unpaired) electrons. The predicted octanol–water partition coefficient (Wildman–Crippen LogP) is 2.51. The number of nitrogens with one attached hydrogen (secondary N) is 1. The van der Waals surface area contributed by atoms with Gasteiger partial charge in [0, 0.05) is 19.1 Å². The fraction of sp³-hybridized carbons (Fsp3) is 0.625. The second-order valence-electron chi connectivity index (χ2n) is 6.06. The van der Waals surface area contributed by atoms with Crippen molar-refractivity contribution in [2.45, 2.75) is 31.8 Å². The molecule has 4 rings (SSSR count). The van der Waals surface area contributed by atoms with Crippen molar-refractivity contribution in [1.29, 1.82) is 0 Å². The molecule has 2 nitrogen and oxygen atoms in total. The van der Waals surface area contributed by atoms with Crippen molar-refractivity contribution in [3.05, 3.63) is 35.9 Å². The zero-order valence-corrected chi connectivity index (χ0v) is 11.3. The summed E-state index contributed by atoms with van der Waals surface area (Å²) in [5, 5.41) is 3.65. The molecule has 2 heteroatoms. The summed E-state index contributed by atoms with van der Waals surface area (Å²) in [6.45, 7) is 3.53. The van der Waals surface area contributed by atoms with Gasteiger partial charge in [-0.25, -0.2) is 0 Å². The molecule has 1 aliphatic carbocycles. The summed E-state index contributed by atoms with van der Waals surface area (Å²) in [5.41, 5.74) is 1.40. The standard InChI is InChI=1S/C16H24N2/c1-18-12-14-7-8-16(18)15(9-14)11-17-10-13-5-3-2-4-6-13/h2-6,14-17H,7-12H2,1H3. The Labute approximate surface area is 110 Å². The molecule has 0 amide bonds. The molecule has 0 aromatic heterocycles. The summed E-state index contributed by atoms with van der Waals surface area (Å²) >= 11 is 0. The third kappa shape index (κ3) is 2.60. The summed E-state index contributed by atoms with van der Waals surface area (Å²) in [5.74, 6) is 1.83. The van der Waals surface area contributed by atoms with E-state index in [0.29, 0.717) is 0 Å². The summed E-state index contributed by atoms with van der Waals surface area (Å²) in [7, 11) is 2.31. The quantitative estimate of drug-likeness (QED) is 0.875. The highest BCUT2D eigenvalue weighted by molar-refractivity contribution is 5.14. The highest BCUT2D eigenvalue weighted by Gasteiger charge is 2.38. The van der Waals surface area contributed by atoms with Gasteiger partial charge in [-0.2, -0.15) is 0 Å². The van der Waals surface area contributed by atoms with E-state index in [1.54, 1.807) is 0 Å². The molecule has 2 aliphatic heterocycles. The van der Waals surface area contributed by atoms with Crippen molar-refractivity contribution in [3.63, 3.8) is 0 Å². The van der Waals surface area contributed by atoms with Gasteiger partial charge < -0.3 is 10.2 Å². The van der Waals surface area contributed by atoms with Crippen LogP contribution in [0.1, 0.15) is 24.8 Å². The highest BCUT2D eigenvalue weighted by Crippen LogP contribution is 2.37. The zero-order valence-electron chi connectivity index (χ0n) is 11.3. The fourth-order valence-electron chi connectivity index (χ4n) is 3.85. The van der Waals surface area contributed by atoms with Crippen molar-refractivity contribution in [2.24, 2.45) is 11.8 Å². The lowest BCUT2D eigenvalue weighted by molar-refractivity contribution is 0.0203. The van der Waals surface area contributed by atoms with Crippen molar-refractivity contribution in [1.82, 2.24) is 10.2 Å². The lowest BCUT2D eigenvalue weighted by atomic mass is 9.73. The molecule has 3 unspecified atom stereocenters. The molecule has 18 heavy (non-hydrogen) atoms. The van der Waals surface area contributed by atoms with Crippen LogP contribution in [0, 0.1) is 11.8 Å². The molecule has 1 saturated carbocycles. The lowest BCUT2D eigenvalue weighted by Crippen LogP contribution is -2.53. The van der Waals surface area contributed by atoms with E-state index < -0.39 is 0 Å². The van der Waals surface area contributed by atoms with Gasteiger partial charge in [-0.1, -0.05) is 30.3 Å². The maximum absolute atomic E-state index is 3.65. The van der Waals surface area contributed by atoms with E-state index in [1.807, 2.05) is 0 Å². The van der Waals surface area contributed by atoms with Crippen molar-refractivity contribution in [2.75, 3.05) is 20.1 Å². The minimum atomic E-state index is 0.832. The number of nitrogens with zero attached hydrogens (tertiary/aromatic N) is 1. The molecule has 1 N–H and O–H groups in total. The SMILES string of the molecule is CN1CC2CCC1C(CNCc1ccccc1)C2. The first kappa shape index (κ1) is 12.2. The maximum atomic E-state index is 3.65. The minimum Gasteiger partial charge on any atom is -0.312 e. The van der Waals surface area contributed by atoms with Crippen molar-refractivity contribution >= 4 is 0 Å². The van der Waals surface area contributed by atoms with Crippen molar-refractivity contribution in [3.8, 4) is 0 Å². The Morgan fingerprint density at radius 3 is 2.78 bits per heavy atom. The number of benzene rings is 1. The van der Waals surface area contributed by atoms with Crippen LogP contribution in [0.25, 0.3) is 0 Å². The van der Waals surface area contributed by atoms with E-state index in [2.05, 4.69) is 47.6 Å². The molecule has 2 bridgehead atoms. The maximum Gasteiger partial charge on any atom is 0.0205 e. The van der Waals surface area contributed by atoms with Gasteiger partial charge in [0.2, 0.25) is 0 Å². The molecular weight excluding hydrogens is 220 g/mol. The topological polar surface area (TPSA) is 15.3 Å². The first-order chi connectivity index (χ1) is 8.83. The van der Waals surface area contributed by atoms with Crippen LogP contribution in [-0.4, -0.2) is 31.1 Å². The number of rotatable bonds is 4. The second kappa shape index (κ2) is 5.41. The smallest absolute Gasteiger partial charge is 0.0205 e. The molecule has 3 atom stereocenters. The third-order valence-corrected chi connectivity index (χ3v) is 4.74. The Balaban J connectivity index is 1.49. The Hall–Kier alpha value is -0.860. The first-order valence-electron chi connectivity index (χ1n) is 7.28. The van der Waals surface area contributed by atoms with Gasteiger partial charge in [0.15, 0.2) is 0 Å². The van der Waals surface area contributed by atoms with Crippen LogP contribution < -0.4 is 5.32 Å². The van der Waals surface area contributed by atoms with E-state index >= 15 is 0 Å². The summed E-state index contributed by atoms with van der Waals surface area (Å²) < 4.78 is 0. The van der Waals surface area contributed by atoms with Gasteiger partial charge in [-0.3, -0.25) is 0 Å². The van der Waals surface area contributed by atoms with Crippen LogP contribution >= 0.6 is 0 Å². The number of piperidine rings is 2. The summed E-state index contributed by atoms with van der Waals surface area (Å²) in [6.07, 6.45) is 4.32. The van der Waals surface area contributed by atoms with E-state index in [-0.39, 0.29) is 0 Å². The van der Waals surface area contributed by atoms with Crippen molar-refractivity contribution < 1.29 is 0 Å². The molecule has 2 saturated heterocycles.